The summed E-state index contributed by atoms with van der Waals surface area (Å²) in [7, 11) is 0. The number of benzene rings is 2. The van der Waals surface area contributed by atoms with Gasteiger partial charge in [0.15, 0.2) is 5.56 Å². The molecule has 0 aliphatic carbocycles. The van der Waals surface area contributed by atoms with Gasteiger partial charge in [-0.2, -0.15) is 0 Å². The smallest absolute Gasteiger partial charge is 0.346 e. The Morgan fingerprint density at radius 3 is 2.32 bits per heavy atom. The van der Waals surface area contributed by atoms with Crippen molar-refractivity contribution in [2.45, 2.75) is 19.8 Å². The third kappa shape index (κ3) is 6.23. The summed E-state index contributed by atoms with van der Waals surface area (Å²) in [5, 5.41) is 7.70. The Balaban J connectivity index is 1.64. The van der Waals surface area contributed by atoms with Crippen molar-refractivity contribution in [2.75, 3.05) is 18.5 Å². The van der Waals surface area contributed by atoms with Crippen LogP contribution in [0.2, 0.25) is 10.0 Å². The van der Waals surface area contributed by atoms with Crippen LogP contribution in [-0.4, -0.2) is 30.2 Å². The maximum absolute atomic E-state index is 12.5. The lowest BCUT2D eigenvalue weighted by Gasteiger charge is -2.07. The second-order valence-electron chi connectivity index (χ2n) is 6.42. The molecule has 1 heterocycles. The number of esters is 1. The van der Waals surface area contributed by atoms with Gasteiger partial charge in [0.1, 0.15) is 11.4 Å². The van der Waals surface area contributed by atoms with E-state index < -0.39 is 5.97 Å². The van der Waals surface area contributed by atoms with Crippen LogP contribution in [0.1, 0.15) is 30.1 Å². The lowest BCUT2D eigenvalue weighted by molar-refractivity contribution is -0.116. The van der Waals surface area contributed by atoms with Crippen LogP contribution in [0.5, 0.6) is 5.75 Å². The molecule has 0 spiro atoms. The quantitative estimate of drug-likeness (QED) is 0.327. The number of hydrogen-bond donors (Lipinski definition) is 1. The number of carbonyl (C=O) groups excluding carboxylic acids is 2. The predicted molar refractivity (Wildman–Crippen MR) is 118 cm³/mol. The molecule has 0 fully saturated rings. The van der Waals surface area contributed by atoms with Crippen molar-refractivity contribution in [3.8, 4) is 17.0 Å². The molecule has 0 atom stereocenters. The number of hydrogen-bond acceptors (Lipinski definition) is 6. The third-order valence-electron chi connectivity index (χ3n) is 4.17. The van der Waals surface area contributed by atoms with Crippen LogP contribution < -0.4 is 10.1 Å². The molecule has 3 aromatic rings. The Kier molecular flexibility index (Phi) is 7.92. The Morgan fingerprint density at radius 2 is 1.68 bits per heavy atom. The maximum atomic E-state index is 12.5. The van der Waals surface area contributed by atoms with Gasteiger partial charge in [0, 0.05) is 22.0 Å². The van der Waals surface area contributed by atoms with Gasteiger partial charge in [0.05, 0.1) is 13.2 Å². The minimum atomic E-state index is -0.643. The van der Waals surface area contributed by atoms with Crippen LogP contribution in [0.15, 0.2) is 53.1 Å². The minimum absolute atomic E-state index is 0.0509. The average Bonchev–Trinajstić information content (AvgIpc) is 3.16. The highest BCUT2D eigenvalue weighted by Crippen LogP contribution is 2.30. The van der Waals surface area contributed by atoms with Gasteiger partial charge in [0.25, 0.3) is 0 Å². The topological polar surface area (TPSA) is 90.7 Å². The van der Waals surface area contributed by atoms with Crippen molar-refractivity contribution >= 4 is 41.0 Å². The number of ether oxygens (including phenoxy) is 2. The summed E-state index contributed by atoms with van der Waals surface area (Å²) in [6, 6.07) is 13.7. The van der Waals surface area contributed by atoms with Crippen molar-refractivity contribution < 1.29 is 23.6 Å². The molecule has 0 bridgehead atoms. The predicted octanol–water partition coefficient (Wildman–Crippen LogP) is 5.62. The lowest BCUT2D eigenvalue weighted by atomic mass is 10.1. The standard InChI is InChI=1S/C22H20Cl2N2O5/c1-2-29-22(28)19-20(14-5-7-15(23)8-6-14)26-31-21(19)25-18(27)4-3-13-30-17-11-9-16(24)10-12-17/h5-12H,2-4,13H2,1H3,(H,25,27). The van der Waals surface area contributed by atoms with Crippen LogP contribution in [0.25, 0.3) is 11.3 Å². The highest BCUT2D eigenvalue weighted by atomic mass is 35.5. The summed E-state index contributed by atoms with van der Waals surface area (Å²) in [5.41, 5.74) is 0.916. The second kappa shape index (κ2) is 10.8. The molecule has 1 amide bonds. The molecule has 0 saturated heterocycles. The zero-order valence-corrected chi connectivity index (χ0v) is 18.2. The fraction of sp³-hybridized carbons (Fsp3) is 0.227. The van der Waals surface area contributed by atoms with Gasteiger partial charge in [-0.15, -0.1) is 0 Å². The van der Waals surface area contributed by atoms with E-state index in [0.717, 1.165) is 0 Å². The summed E-state index contributed by atoms with van der Waals surface area (Å²) in [6.45, 7) is 2.19. The third-order valence-corrected chi connectivity index (χ3v) is 4.68. The summed E-state index contributed by atoms with van der Waals surface area (Å²) in [6.07, 6.45) is 0.619. The monoisotopic (exact) mass is 462 g/mol. The molecule has 9 heteroatoms. The molecular formula is C22H20Cl2N2O5. The van der Waals surface area contributed by atoms with Crippen molar-refractivity contribution in [2.24, 2.45) is 0 Å². The molecule has 0 saturated carbocycles. The van der Waals surface area contributed by atoms with E-state index >= 15 is 0 Å². The van der Waals surface area contributed by atoms with E-state index in [-0.39, 0.29) is 36.1 Å². The zero-order chi connectivity index (χ0) is 22.2. The molecule has 7 nitrogen and oxygen atoms in total. The maximum Gasteiger partial charge on any atom is 0.346 e. The highest BCUT2D eigenvalue weighted by Gasteiger charge is 2.26. The number of anilines is 1. The zero-order valence-electron chi connectivity index (χ0n) is 16.7. The van der Waals surface area contributed by atoms with E-state index in [1.54, 1.807) is 55.5 Å². The molecular weight excluding hydrogens is 443 g/mol. The summed E-state index contributed by atoms with van der Waals surface area (Å²) in [5.74, 6) is -0.386. The van der Waals surface area contributed by atoms with Crippen molar-refractivity contribution in [1.29, 1.82) is 0 Å². The number of aromatic nitrogens is 1. The van der Waals surface area contributed by atoms with Gasteiger partial charge in [-0.3, -0.25) is 10.1 Å². The van der Waals surface area contributed by atoms with Crippen LogP contribution in [0.3, 0.4) is 0 Å². The fourth-order valence-electron chi connectivity index (χ4n) is 2.72. The average molecular weight is 463 g/mol. The molecule has 1 aromatic heterocycles. The van der Waals surface area contributed by atoms with Crippen molar-refractivity contribution in [3.63, 3.8) is 0 Å². The van der Waals surface area contributed by atoms with Crippen LogP contribution >= 0.6 is 23.2 Å². The molecule has 0 unspecified atom stereocenters. The number of nitrogens with zero attached hydrogens (tertiary/aromatic N) is 1. The van der Waals surface area contributed by atoms with Gasteiger partial charge < -0.3 is 14.0 Å². The van der Waals surface area contributed by atoms with Crippen LogP contribution in [0.4, 0.5) is 5.88 Å². The fourth-order valence-corrected chi connectivity index (χ4v) is 2.97. The number of amides is 1. The lowest BCUT2D eigenvalue weighted by Crippen LogP contribution is -2.15. The molecule has 31 heavy (non-hydrogen) atoms. The van der Waals surface area contributed by atoms with E-state index in [1.807, 2.05) is 0 Å². The molecule has 3 rings (SSSR count). The molecule has 0 aliphatic heterocycles. The first-order valence-corrected chi connectivity index (χ1v) is 10.3. The van der Waals surface area contributed by atoms with Crippen LogP contribution in [0, 0.1) is 0 Å². The largest absolute Gasteiger partial charge is 0.494 e. The number of halogens is 2. The van der Waals surface area contributed by atoms with Gasteiger partial charge in [0.2, 0.25) is 11.8 Å². The number of nitrogens with one attached hydrogen (secondary N) is 1. The second-order valence-corrected chi connectivity index (χ2v) is 7.29. The first-order chi connectivity index (χ1) is 15.0. The Morgan fingerprint density at radius 1 is 1.03 bits per heavy atom. The molecule has 1 N–H and O–H groups in total. The summed E-state index contributed by atoms with van der Waals surface area (Å²) < 4.78 is 15.9. The van der Waals surface area contributed by atoms with E-state index in [9.17, 15) is 9.59 Å². The first kappa shape index (κ1) is 22.7. The van der Waals surface area contributed by atoms with Gasteiger partial charge in [-0.25, -0.2) is 4.79 Å². The Hall–Kier alpha value is -3.03. The summed E-state index contributed by atoms with van der Waals surface area (Å²) >= 11 is 11.8. The number of carbonyl (C=O) groups is 2. The molecule has 0 aliphatic rings. The van der Waals surface area contributed by atoms with E-state index in [0.29, 0.717) is 34.4 Å². The van der Waals surface area contributed by atoms with Crippen LogP contribution in [-0.2, 0) is 9.53 Å². The van der Waals surface area contributed by atoms with Gasteiger partial charge >= 0.3 is 5.97 Å². The molecule has 0 radical (unpaired) electrons. The van der Waals surface area contributed by atoms with Crippen molar-refractivity contribution in [3.05, 3.63) is 64.1 Å². The first-order valence-electron chi connectivity index (χ1n) is 9.59. The highest BCUT2D eigenvalue weighted by molar-refractivity contribution is 6.30. The van der Waals surface area contributed by atoms with Gasteiger partial charge in [-0.1, -0.05) is 40.5 Å². The van der Waals surface area contributed by atoms with E-state index in [4.69, 9.17) is 37.2 Å². The van der Waals surface area contributed by atoms with E-state index in [1.165, 1.54) is 0 Å². The van der Waals surface area contributed by atoms with E-state index in [2.05, 4.69) is 10.5 Å². The molecule has 162 valence electrons. The molecule has 2 aromatic carbocycles. The Labute approximate surface area is 189 Å². The van der Waals surface area contributed by atoms with Gasteiger partial charge in [-0.05, 0) is 49.7 Å². The minimum Gasteiger partial charge on any atom is -0.494 e. The Bertz CT molecular complexity index is 1030. The van der Waals surface area contributed by atoms with Crippen molar-refractivity contribution in [1.82, 2.24) is 5.16 Å². The normalized spacial score (nSPS) is 10.5. The summed E-state index contributed by atoms with van der Waals surface area (Å²) in [4.78, 5) is 24.8. The number of rotatable bonds is 9. The SMILES string of the molecule is CCOC(=O)c1c(-c2ccc(Cl)cc2)noc1NC(=O)CCCOc1ccc(Cl)cc1.